The molecule has 0 bridgehead atoms. The fourth-order valence-corrected chi connectivity index (χ4v) is 2.36. The van der Waals surface area contributed by atoms with Crippen LogP contribution in [0.3, 0.4) is 0 Å². The maximum Gasteiger partial charge on any atom is 0.179 e. The number of hydrogen-bond acceptors (Lipinski definition) is 3. The van der Waals surface area contributed by atoms with Crippen LogP contribution < -0.4 is 0 Å². The number of aromatic nitrogens is 2. The molecule has 1 aliphatic rings. The van der Waals surface area contributed by atoms with Gasteiger partial charge >= 0.3 is 0 Å². The topological polar surface area (TPSA) is 38.1 Å². The number of nitrogens with zero attached hydrogens (tertiary/aromatic N) is 3. The van der Waals surface area contributed by atoms with Crippen LogP contribution in [0.1, 0.15) is 16.2 Å². The first-order valence-electron chi connectivity index (χ1n) is 6.34. The number of imidazole rings is 1. The molecule has 2 heterocycles. The number of Topliss-reactive ketones (excluding diaryl/α,β-unsaturated/α-hetero) is 1. The lowest BCUT2D eigenvalue weighted by Crippen LogP contribution is -2.37. The highest BCUT2D eigenvalue weighted by molar-refractivity contribution is 5.97. The molecule has 0 atom stereocenters. The second-order valence-corrected chi connectivity index (χ2v) is 4.79. The number of fused-ring (bicyclic) bond motifs is 1. The van der Waals surface area contributed by atoms with Crippen molar-refractivity contribution in [3.8, 4) is 0 Å². The molecule has 6 heteroatoms. The Bertz CT molecular complexity index is 654. The van der Waals surface area contributed by atoms with E-state index in [0.717, 1.165) is 24.5 Å². The molecular formula is C14H13F2N3O. The zero-order valence-corrected chi connectivity index (χ0v) is 10.7. The van der Waals surface area contributed by atoms with E-state index in [1.807, 2.05) is 15.7 Å². The molecule has 1 aromatic heterocycles. The van der Waals surface area contributed by atoms with E-state index in [0.29, 0.717) is 13.1 Å². The fourth-order valence-electron chi connectivity index (χ4n) is 2.36. The fraction of sp³-hybridized carbons (Fsp3) is 0.286. The monoisotopic (exact) mass is 277 g/mol. The molecular weight excluding hydrogens is 264 g/mol. The molecule has 0 aliphatic carbocycles. The van der Waals surface area contributed by atoms with Crippen molar-refractivity contribution in [3.05, 3.63) is 53.6 Å². The molecule has 2 aromatic rings. The SMILES string of the molecule is O=C(CN1CCn2ccnc2C1)c1ccc(F)cc1F. The first kappa shape index (κ1) is 12.9. The van der Waals surface area contributed by atoms with Crippen molar-refractivity contribution in [1.82, 2.24) is 14.5 Å². The van der Waals surface area contributed by atoms with E-state index < -0.39 is 11.6 Å². The van der Waals surface area contributed by atoms with Gasteiger partial charge in [0, 0.05) is 31.5 Å². The molecule has 0 amide bonds. The maximum absolute atomic E-state index is 13.5. The largest absolute Gasteiger partial charge is 0.333 e. The van der Waals surface area contributed by atoms with Crippen LogP contribution in [-0.2, 0) is 13.1 Å². The normalized spacial score (nSPS) is 15.1. The summed E-state index contributed by atoms with van der Waals surface area (Å²) in [6.45, 7) is 2.13. The molecule has 3 rings (SSSR count). The Morgan fingerprint density at radius 1 is 1.30 bits per heavy atom. The van der Waals surface area contributed by atoms with Gasteiger partial charge in [-0.3, -0.25) is 9.69 Å². The van der Waals surface area contributed by atoms with Crippen LogP contribution in [0.25, 0.3) is 0 Å². The number of halogens is 2. The van der Waals surface area contributed by atoms with Gasteiger partial charge in [0.15, 0.2) is 5.78 Å². The summed E-state index contributed by atoms with van der Waals surface area (Å²) in [4.78, 5) is 18.2. The minimum Gasteiger partial charge on any atom is -0.333 e. The summed E-state index contributed by atoms with van der Waals surface area (Å²) < 4.78 is 28.4. The van der Waals surface area contributed by atoms with Crippen molar-refractivity contribution in [2.24, 2.45) is 0 Å². The summed E-state index contributed by atoms with van der Waals surface area (Å²) >= 11 is 0. The Morgan fingerprint density at radius 3 is 2.95 bits per heavy atom. The molecule has 0 fully saturated rings. The first-order chi connectivity index (χ1) is 9.63. The summed E-state index contributed by atoms with van der Waals surface area (Å²) in [6.07, 6.45) is 3.62. The molecule has 104 valence electrons. The van der Waals surface area contributed by atoms with Gasteiger partial charge in [0.2, 0.25) is 0 Å². The number of rotatable bonds is 3. The van der Waals surface area contributed by atoms with Crippen molar-refractivity contribution < 1.29 is 13.6 Å². The summed E-state index contributed by atoms with van der Waals surface area (Å²) in [5, 5.41) is 0. The van der Waals surface area contributed by atoms with Crippen molar-refractivity contribution in [2.45, 2.75) is 13.1 Å². The molecule has 1 aliphatic heterocycles. The molecule has 0 radical (unpaired) electrons. The lowest BCUT2D eigenvalue weighted by atomic mass is 10.1. The van der Waals surface area contributed by atoms with Crippen LogP contribution in [0, 0.1) is 11.6 Å². The van der Waals surface area contributed by atoms with Crippen LogP contribution in [0.5, 0.6) is 0 Å². The summed E-state index contributed by atoms with van der Waals surface area (Å²) in [7, 11) is 0. The Morgan fingerprint density at radius 2 is 2.15 bits per heavy atom. The Labute approximate surface area is 114 Å². The van der Waals surface area contributed by atoms with Gasteiger partial charge in [-0.15, -0.1) is 0 Å². The van der Waals surface area contributed by atoms with E-state index in [4.69, 9.17) is 0 Å². The van der Waals surface area contributed by atoms with Gasteiger partial charge in [0.1, 0.15) is 17.5 Å². The third kappa shape index (κ3) is 2.46. The van der Waals surface area contributed by atoms with Crippen molar-refractivity contribution in [2.75, 3.05) is 13.1 Å². The molecule has 0 unspecified atom stereocenters. The number of carbonyl (C=O) groups is 1. The Balaban J connectivity index is 1.71. The third-order valence-corrected chi connectivity index (χ3v) is 3.42. The smallest absolute Gasteiger partial charge is 0.179 e. The van der Waals surface area contributed by atoms with E-state index >= 15 is 0 Å². The van der Waals surface area contributed by atoms with Gasteiger partial charge < -0.3 is 4.57 Å². The molecule has 0 saturated carbocycles. The lowest BCUT2D eigenvalue weighted by molar-refractivity contribution is 0.0904. The minimum atomic E-state index is -0.812. The second-order valence-electron chi connectivity index (χ2n) is 4.79. The van der Waals surface area contributed by atoms with Crippen LogP contribution >= 0.6 is 0 Å². The van der Waals surface area contributed by atoms with E-state index in [-0.39, 0.29) is 17.9 Å². The molecule has 0 N–H and O–H groups in total. The van der Waals surface area contributed by atoms with E-state index in [1.54, 1.807) is 6.20 Å². The van der Waals surface area contributed by atoms with E-state index in [2.05, 4.69) is 4.98 Å². The zero-order valence-electron chi connectivity index (χ0n) is 10.7. The third-order valence-electron chi connectivity index (χ3n) is 3.42. The molecule has 1 aromatic carbocycles. The van der Waals surface area contributed by atoms with Crippen LogP contribution in [-0.4, -0.2) is 33.3 Å². The summed E-state index contributed by atoms with van der Waals surface area (Å²) in [5.74, 6) is -0.946. The van der Waals surface area contributed by atoms with Gasteiger partial charge in [-0.25, -0.2) is 13.8 Å². The average molecular weight is 277 g/mol. The van der Waals surface area contributed by atoms with Crippen LogP contribution in [0.4, 0.5) is 8.78 Å². The highest BCUT2D eigenvalue weighted by Gasteiger charge is 2.21. The van der Waals surface area contributed by atoms with Gasteiger partial charge in [-0.1, -0.05) is 0 Å². The number of benzene rings is 1. The van der Waals surface area contributed by atoms with E-state index in [1.165, 1.54) is 6.07 Å². The average Bonchev–Trinajstić information content (AvgIpc) is 2.85. The summed E-state index contributed by atoms with van der Waals surface area (Å²) in [5.41, 5.74) is -0.0692. The van der Waals surface area contributed by atoms with Gasteiger partial charge in [-0.05, 0) is 12.1 Å². The second kappa shape index (κ2) is 5.13. The Kier molecular flexibility index (Phi) is 3.31. The first-order valence-corrected chi connectivity index (χ1v) is 6.34. The van der Waals surface area contributed by atoms with Gasteiger partial charge in [-0.2, -0.15) is 0 Å². The van der Waals surface area contributed by atoms with E-state index in [9.17, 15) is 13.6 Å². The quantitative estimate of drug-likeness (QED) is 0.804. The van der Waals surface area contributed by atoms with Gasteiger partial charge in [0.25, 0.3) is 0 Å². The minimum absolute atomic E-state index is 0.0692. The van der Waals surface area contributed by atoms with Crippen molar-refractivity contribution in [1.29, 1.82) is 0 Å². The lowest BCUT2D eigenvalue weighted by Gasteiger charge is -2.26. The Hall–Kier alpha value is -2.08. The molecule has 0 spiro atoms. The number of hydrogen-bond donors (Lipinski definition) is 0. The predicted molar refractivity (Wildman–Crippen MR) is 68.2 cm³/mol. The van der Waals surface area contributed by atoms with Crippen LogP contribution in [0.2, 0.25) is 0 Å². The van der Waals surface area contributed by atoms with Crippen molar-refractivity contribution in [3.63, 3.8) is 0 Å². The molecule has 4 nitrogen and oxygen atoms in total. The molecule has 0 saturated heterocycles. The standard InChI is InChI=1S/C14H13F2N3O/c15-10-1-2-11(12(16)7-10)13(20)8-18-5-6-19-4-3-17-14(19)9-18/h1-4,7H,5-6,8-9H2. The molecule has 20 heavy (non-hydrogen) atoms. The predicted octanol–water partition coefficient (Wildman–Crippen LogP) is 1.86. The number of carbonyl (C=O) groups excluding carboxylic acids is 1. The summed E-state index contributed by atoms with van der Waals surface area (Å²) in [6, 6.07) is 3.02. The highest BCUT2D eigenvalue weighted by atomic mass is 19.1. The van der Waals surface area contributed by atoms with Gasteiger partial charge in [0.05, 0.1) is 18.7 Å². The maximum atomic E-state index is 13.5. The highest BCUT2D eigenvalue weighted by Crippen LogP contribution is 2.14. The zero-order chi connectivity index (χ0) is 14.1. The van der Waals surface area contributed by atoms with Crippen molar-refractivity contribution >= 4 is 5.78 Å². The number of ketones is 1. The van der Waals surface area contributed by atoms with Crippen LogP contribution in [0.15, 0.2) is 30.6 Å².